The van der Waals surface area contributed by atoms with Crippen LogP contribution in [-0.4, -0.2) is 50.7 Å². The van der Waals surface area contributed by atoms with E-state index >= 15 is 0 Å². The van der Waals surface area contributed by atoms with Gasteiger partial charge in [0.1, 0.15) is 0 Å². The summed E-state index contributed by atoms with van der Waals surface area (Å²) < 4.78 is 37.2. The molecule has 0 radical (unpaired) electrons. The second kappa shape index (κ2) is 3.99. The van der Waals surface area contributed by atoms with E-state index < -0.39 is 10.4 Å². The van der Waals surface area contributed by atoms with Crippen molar-refractivity contribution >= 4 is 48.1 Å². The fourth-order valence-corrected chi connectivity index (χ4v) is 0. The van der Waals surface area contributed by atoms with Crippen LogP contribution in [0, 0.1) is 0 Å². The third-order valence-electron chi connectivity index (χ3n) is 0.0796. The van der Waals surface area contributed by atoms with Gasteiger partial charge in [0.15, 0.2) is 0 Å². The van der Waals surface area contributed by atoms with E-state index in [-0.39, 0.29) is 40.6 Å². The SMILES string of the molecule is O=S(=O)(O)OF.[Ca+2].[H-].[H-]. The van der Waals surface area contributed by atoms with Crippen molar-refractivity contribution in [3.05, 3.63) is 0 Å². The van der Waals surface area contributed by atoms with Crippen molar-refractivity contribution in [2.45, 2.75) is 0 Å². The van der Waals surface area contributed by atoms with E-state index in [1.165, 1.54) is 0 Å². The minimum absolute atomic E-state index is 0. The predicted molar refractivity (Wildman–Crippen MR) is 21.7 cm³/mol. The predicted octanol–water partition coefficient (Wildman–Crippen LogP) is -0.465. The average molecular weight is 158 g/mol. The molecule has 0 aliphatic carbocycles. The molecule has 0 atom stereocenters. The molecule has 7 heavy (non-hydrogen) atoms. The van der Waals surface area contributed by atoms with Crippen molar-refractivity contribution in [3.8, 4) is 0 Å². The van der Waals surface area contributed by atoms with Crippen molar-refractivity contribution < 1.29 is 24.7 Å². The first-order chi connectivity index (χ1) is 2.56. The number of hydrogen-bond donors (Lipinski definition) is 1. The van der Waals surface area contributed by atoms with Gasteiger partial charge in [-0.25, -0.2) is 0 Å². The third-order valence-corrected chi connectivity index (χ3v) is 0.239. The average Bonchev–Trinajstić information content (AvgIpc) is 1.35. The van der Waals surface area contributed by atoms with Gasteiger partial charge in [-0.05, 0) is 8.91 Å². The van der Waals surface area contributed by atoms with Crippen LogP contribution >= 0.6 is 0 Å². The van der Waals surface area contributed by atoms with Gasteiger partial charge in [0.2, 0.25) is 0 Å². The first-order valence-corrected chi connectivity index (χ1v) is 2.20. The van der Waals surface area contributed by atoms with Crippen LogP contribution in [0.4, 0.5) is 4.53 Å². The Labute approximate surface area is 72.5 Å². The molecule has 0 aromatic rings. The van der Waals surface area contributed by atoms with Crippen molar-refractivity contribution in [2.24, 2.45) is 0 Å². The summed E-state index contributed by atoms with van der Waals surface area (Å²) in [6.45, 7) is 0. The molecule has 0 amide bonds. The summed E-state index contributed by atoms with van der Waals surface area (Å²) in [6.07, 6.45) is 0. The second-order valence-electron chi connectivity index (χ2n) is 0.491. The van der Waals surface area contributed by atoms with Crippen LogP contribution in [-0.2, 0) is 14.8 Å². The molecule has 0 spiro atoms. The topological polar surface area (TPSA) is 63.6 Å². The molecule has 0 unspecified atom stereocenters. The van der Waals surface area contributed by atoms with Gasteiger partial charge in [0.05, 0.1) is 0 Å². The molecule has 4 nitrogen and oxygen atoms in total. The van der Waals surface area contributed by atoms with E-state index in [0.29, 0.717) is 0 Å². The van der Waals surface area contributed by atoms with Crippen LogP contribution in [0.25, 0.3) is 0 Å². The van der Waals surface area contributed by atoms with Crippen molar-refractivity contribution in [1.82, 2.24) is 0 Å². The Balaban J connectivity index is -0.0000000417. The van der Waals surface area contributed by atoms with Gasteiger partial charge in [-0.15, -0.1) is 0 Å². The molecule has 7 heteroatoms. The summed E-state index contributed by atoms with van der Waals surface area (Å²) in [5.74, 6) is 0. The minimum atomic E-state index is -4.83. The van der Waals surface area contributed by atoms with E-state index in [9.17, 15) is 4.53 Å². The van der Waals surface area contributed by atoms with Gasteiger partial charge in [-0.1, -0.05) is 0 Å². The monoisotopic (exact) mass is 158 g/mol. The molecule has 0 fully saturated rings. The van der Waals surface area contributed by atoms with Gasteiger partial charge in [-0.3, -0.25) is 4.55 Å². The van der Waals surface area contributed by atoms with Crippen LogP contribution < -0.4 is 0 Å². The van der Waals surface area contributed by atoms with Crippen LogP contribution in [0.15, 0.2) is 0 Å². The summed E-state index contributed by atoms with van der Waals surface area (Å²) in [6, 6.07) is 0. The standard InChI is InChI=1S/Ca.FHO4S.2H/c;1-5-6(2,3)4;;/h;(H,2,3,4);;/q+2;;2*-1. The van der Waals surface area contributed by atoms with Gasteiger partial charge in [0, 0.05) is 0 Å². The first kappa shape index (κ1) is 10.9. The van der Waals surface area contributed by atoms with E-state index in [2.05, 4.69) is 0 Å². The van der Waals surface area contributed by atoms with Crippen molar-refractivity contribution in [1.29, 1.82) is 0 Å². The maximum absolute atomic E-state index is 10.2. The van der Waals surface area contributed by atoms with E-state index in [0.717, 1.165) is 0 Å². The number of rotatable bonds is 1. The zero-order chi connectivity index (χ0) is 5.21. The van der Waals surface area contributed by atoms with E-state index in [1.807, 2.05) is 4.39 Å². The Morgan fingerprint density at radius 1 is 1.71 bits per heavy atom. The summed E-state index contributed by atoms with van der Waals surface area (Å²) >= 11 is 0. The van der Waals surface area contributed by atoms with Crippen molar-refractivity contribution in [2.75, 3.05) is 0 Å². The van der Waals surface area contributed by atoms with Crippen LogP contribution in [0.3, 0.4) is 0 Å². The van der Waals surface area contributed by atoms with Crippen LogP contribution in [0.1, 0.15) is 2.85 Å². The van der Waals surface area contributed by atoms with Crippen LogP contribution in [0.5, 0.6) is 0 Å². The molecule has 0 rings (SSSR count). The van der Waals surface area contributed by atoms with Gasteiger partial charge in [-0.2, -0.15) is 8.42 Å². The summed E-state index contributed by atoms with van der Waals surface area (Å²) in [7, 11) is -4.83. The maximum atomic E-state index is 10.2. The molecule has 0 bridgehead atoms. The fourth-order valence-electron chi connectivity index (χ4n) is 0. The van der Waals surface area contributed by atoms with Gasteiger partial charge >= 0.3 is 48.1 Å². The molecule has 0 heterocycles. The van der Waals surface area contributed by atoms with Crippen molar-refractivity contribution in [3.63, 3.8) is 0 Å². The minimum Gasteiger partial charge on any atom is -1.00 e. The second-order valence-corrected chi connectivity index (χ2v) is 1.47. The first-order valence-electron chi connectivity index (χ1n) is 0.837. The number of hydrogen-bond acceptors (Lipinski definition) is 3. The largest absolute Gasteiger partial charge is 2.00 e. The third kappa shape index (κ3) is 11.0. The van der Waals surface area contributed by atoms with E-state index in [1.54, 1.807) is 0 Å². The maximum Gasteiger partial charge on any atom is 2.00 e. The molecular formula is H3CaFO4S. The Hall–Kier alpha value is 1.06. The van der Waals surface area contributed by atoms with Gasteiger partial charge in [0.25, 0.3) is 0 Å². The molecule has 0 aromatic heterocycles. The molecule has 0 saturated heterocycles. The molecular weight excluding hydrogens is 155 g/mol. The fraction of sp³-hybridized carbons (Fsp3) is 0. The molecule has 1 N–H and O–H groups in total. The smallest absolute Gasteiger partial charge is 1.00 e. The summed E-state index contributed by atoms with van der Waals surface area (Å²) in [4.78, 5) is 0. The van der Waals surface area contributed by atoms with E-state index in [4.69, 9.17) is 13.0 Å². The zero-order valence-electron chi connectivity index (χ0n) is 5.17. The van der Waals surface area contributed by atoms with Gasteiger partial charge < -0.3 is 2.85 Å². The van der Waals surface area contributed by atoms with Crippen LogP contribution in [0.2, 0.25) is 0 Å². The molecule has 0 aliphatic heterocycles. The Morgan fingerprint density at radius 3 is 1.86 bits per heavy atom. The quantitative estimate of drug-likeness (QED) is 0.414. The Kier molecular flexibility index (Phi) is 6.24. The normalized spacial score (nSPS) is 10.0. The zero-order valence-corrected chi connectivity index (χ0v) is 6.19. The molecule has 0 aromatic carbocycles. The molecule has 0 saturated carbocycles. The summed E-state index contributed by atoms with van der Waals surface area (Å²) in [5.41, 5.74) is 0. The summed E-state index contributed by atoms with van der Waals surface area (Å²) in [5, 5.41) is 0. The Morgan fingerprint density at radius 2 is 1.86 bits per heavy atom. The number of halogens is 1. The Bertz CT molecular complexity index is 121. The molecule has 42 valence electrons. The molecule has 0 aliphatic rings.